The van der Waals surface area contributed by atoms with E-state index in [1.165, 1.54) is 20.8 Å². The van der Waals surface area contributed by atoms with Crippen molar-refractivity contribution in [2.75, 3.05) is 7.11 Å². The Labute approximate surface area is 204 Å². The molecule has 0 unspecified atom stereocenters. The number of rotatable bonds is 9. The summed E-state index contributed by atoms with van der Waals surface area (Å²) in [5, 5.41) is -4.84. The molecule has 0 bridgehead atoms. The molecule has 0 aromatic heterocycles. The number of nitrogens with one attached hydrogen (secondary N) is 1. The second kappa shape index (κ2) is 10.4. The summed E-state index contributed by atoms with van der Waals surface area (Å²) in [5.41, 5.74) is -0.880. The smallest absolute Gasteiger partial charge is 0.460 e. The van der Waals surface area contributed by atoms with Crippen molar-refractivity contribution >= 4 is 22.2 Å². The minimum Gasteiger partial charge on any atom is -0.467 e. The summed E-state index contributed by atoms with van der Waals surface area (Å²) in [6.45, 7) is 4.57. The van der Waals surface area contributed by atoms with E-state index in [4.69, 9.17) is 4.74 Å². The van der Waals surface area contributed by atoms with Gasteiger partial charge in [-0.25, -0.2) is 9.59 Å². The Hall–Kier alpha value is -2.92. The van der Waals surface area contributed by atoms with E-state index in [9.17, 15) is 57.5 Å². The largest absolute Gasteiger partial charge is 0.467 e. The highest BCUT2D eigenvalue weighted by Crippen LogP contribution is 2.54. The number of amides is 1. The van der Waals surface area contributed by atoms with Crippen LogP contribution in [0.25, 0.3) is 0 Å². The van der Waals surface area contributed by atoms with E-state index in [0.29, 0.717) is 12.1 Å². The van der Waals surface area contributed by atoms with Crippen LogP contribution in [0.3, 0.4) is 0 Å². The Bertz CT molecular complexity index is 1080. The fourth-order valence-corrected chi connectivity index (χ4v) is 3.31. The first-order valence-electron chi connectivity index (χ1n) is 9.70. The first-order valence-corrected chi connectivity index (χ1v) is 11.1. The molecule has 0 saturated heterocycles. The van der Waals surface area contributed by atoms with E-state index in [0.717, 1.165) is 19.2 Å². The lowest BCUT2D eigenvalue weighted by Gasteiger charge is -2.32. The van der Waals surface area contributed by atoms with Gasteiger partial charge in [0.2, 0.25) is 0 Å². The molecule has 0 aliphatic carbocycles. The molecule has 0 aliphatic rings. The summed E-state index contributed by atoms with van der Waals surface area (Å²) in [6.07, 6.45) is -8.63. The summed E-state index contributed by atoms with van der Waals surface area (Å²) in [7, 11) is -6.13. The number of alkyl halides is 9. The molecular formula is C19H20F9NO7S. The van der Waals surface area contributed by atoms with E-state index in [1.807, 2.05) is 0 Å². The molecule has 0 radical (unpaired) electrons. The van der Waals surface area contributed by atoms with Gasteiger partial charge in [0.1, 0.15) is 17.4 Å². The van der Waals surface area contributed by atoms with Crippen LogP contribution >= 0.6 is 0 Å². The fraction of sp³-hybridized carbons (Fsp3) is 0.579. The number of benzene rings is 1. The van der Waals surface area contributed by atoms with Gasteiger partial charge in [-0.3, -0.25) is 0 Å². The van der Waals surface area contributed by atoms with E-state index in [-0.39, 0.29) is 12.0 Å². The number of alkyl carbamates (subject to hydrolysis) is 1. The Kier molecular flexibility index (Phi) is 9.07. The van der Waals surface area contributed by atoms with Gasteiger partial charge in [-0.2, -0.15) is 47.9 Å². The van der Waals surface area contributed by atoms with Crippen LogP contribution in [-0.4, -0.2) is 62.5 Å². The van der Waals surface area contributed by atoms with E-state index in [2.05, 4.69) is 14.2 Å². The molecule has 212 valence electrons. The summed E-state index contributed by atoms with van der Waals surface area (Å²) in [4.78, 5) is 23.8. The third-order valence-electron chi connectivity index (χ3n) is 4.18. The monoisotopic (exact) mass is 577 g/mol. The topological polar surface area (TPSA) is 108 Å². The molecular weight excluding hydrogens is 557 g/mol. The Morgan fingerprint density at radius 2 is 1.38 bits per heavy atom. The van der Waals surface area contributed by atoms with Crippen LogP contribution in [0.4, 0.5) is 44.3 Å². The third-order valence-corrected chi connectivity index (χ3v) is 5.47. The van der Waals surface area contributed by atoms with Crippen molar-refractivity contribution in [2.45, 2.75) is 62.1 Å². The fourth-order valence-electron chi connectivity index (χ4n) is 2.40. The highest BCUT2D eigenvalue weighted by molar-refractivity contribution is 7.88. The van der Waals surface area contributed by atoms with Crippen molar-refractivity contribution in [3.63, 3.8) is 0 Å². The maximum absolute atomic E-state index is 13.8. The van der Waals surface area contributed by atoms with Crippen LogP contribution in [0.2, 0.25) is 0 Å². The van der Waals surface area contributed by atoms with Crippen molar-refractivity contribution in [1.82, 2.24) is 5.32 Å². The van der Waals surface area contributed by atoms with Crippen LogP contribution in [-0.2, 0) is 30.8 Å². The lowest BCUT2D eigenvalue weighted by molar-refractivity contribution is -0.382. The highest BCUT2D eigenvalue weighted by Gasteiger charge is 2.86. The zero-order valence-corrected chi connectivity index (χ0v) is 20.1. The maximum Gasteiger partial charge on any atom is 0.460 e. The molecule has 1 aromatic carbocycles. The van der Waals surface area contributed by atoms with Crippen LogP contribution in [0.5, 0.6) is 5.75 Å². The summed E-state index contributed by atoms with van der Waals surface area (Å²) < 4.78 is 153. The van der Waals surface area contributed by atoms with Crippen LogP contribution in [0.15, 0.2) is 24.3 Å². The quantitative estimate of drug-likeness (QED) is 0.263. The molecule has 1 aromatic rings. The first-order chi connectivity index (χ1) is 16.4. The van der Waals surface area contributed by atoms with Crippen LogP contribution in [0.1, 0.15) is 26.3 Å². The molecule has 0 heterocycles. The molecule has 18 heteroatoms. The predicted octanol–water partition coefficient (Wildman–Crippen LogP) is 4.43. The number of hydrogen-bond acceptors (Lipinski definition) is 7. The predicted molar refractivity (Wildman–Crippen MR) is 106 cm³/mol. The molecule has 0 fully saturated rings. The number of methoxy groups -OCH3 is 1. The van der Waals surface area contributed by atoms with Crippen molar-refractivity contribution in [3.05, 3.63) is 29.8 Å². The molecule has 1 N–H and O–H groups in total. The summed E-state index contributed by atoms with van der Waals surface area (Å²) in [6, 6.07) is 1.48. The molecule has 0 aliphatic heterocycles. The minimum absolute atomic E-state index is 0.0666. The molecule has 8 nitrogen and oxygen atoms in total. The number of esters is 1. The Balaban J connectivity index is 3.13. The van der Waals surface area contributed by atoms with Gasteiger partial charge in [0, 0.05) is 6.42 Å². The summed E-state index contributed by atoms with van der Waals surface area (Å²) >= 11 is 0. The van der Waals surface area contributed by atoms with E-state index >= 15 is 0 Å². The van der Waals surface area contributed by atoms with Gasteiger partial charge < -0.3 is 19.0 Å². The number of carbonyl (C=O) groups is 2. The van der Waals surface area contributed by atoms with Gasteiger partial charge in [-0.1, -0.05) is 12.1 Å². The van der Waals surface area contributed by atoms with Gasteiger partial charge in [0.15, 0.2) is 0 Å². The standard InChI is InChI=1S/C19H20F9NO7S/c1-15(2,3)35-14(31)29-12(13(30)34-4)9-10-5-7-11(8-6-10)36-37(32,33)19(27,28)17(22,23)16(20,21)18(24,25)26/h5-8,12H,9H2,1-4H3,(H,29,31)/t12-/m0/s1. The van der Waals surface area contributed by atoms with Crippen molar-refractivity contribution < 1.29 is 71.2 Å². The van der Waals surface area contributed by atoms with Crippen LogP contribution in [0, 0.1) is 0 Å². The lowest BCUT2D eigenvalue weighted by Crippen LogP contribution is -2.63. The van der Waals surface area contributed by atoms with Crippen molar-refractivity contribution in [2.24, 2.45) is 0 Å². The second-order valence-electron chi connectivity index (χ2n) is 8.27. The molecule has 0 saturated carbocycles. The van der Waals surface area contributed by atoms with Gasteiger partial charge in [0.05, 0.1) is 7.11 Å². The average molecular weight is 577 g/mol. The maximum atomic E-state index is 13.8. The SMILES string of the molecule is COC(=O)[C@H](Cc1ccc(OS(=O)(=O)C(F)(F)C(F)(F)C(F)(F)C(F)(F)F)cc1)NC(=O)OC(C)(C)C. The Morgan fingerprint density at radius 3 is 1.78 bits per heavy atom. The number of halogens is 9. The van der Waals surface area contributed by atoms with Gasteiger partial charge in [0.25, 0.3) is 0 Å². The van der Waals surface area contributed by atoms with Crippen molar-refractivity contribution in [1.29, 1.82) is 0 Å². The van der Waals surface area contributed by atoms with Gasteiger partial charge >= 0.3 is 45.5 Å². The highest BCUT2D eigenvalue weighted by atomic mass is 32.2. The molecule has 1 rings (SSSR count). The van der Waals surface area contributed by atoms with Crippen molar-refractivity contribution in [3.8, 4) is 5.75 Å². The minimum atomic E-state index is -7.45. The van der Waals surface area contributed by atoms with Gasteiger partial charge in [-0.15, -0.1) is 0 Å². The van der Waals surface area contributed by atoms with E-state index in [1.54, 1.807) is 0 Å². The van der Waals surface area contributed by atoms with E-state index < -0.39 is 62.8 Å². The number of carbonyl (C=O) groups excluding carboxylic acids is 2. The van der Waals surface area contributed by atoms with Gasteiger partial charge in [-0.05, 0) is 38.5 Å². The Morgan fingerprint density at radius 1 is 0.892 bits per heavy atom. The number of hydrogen-bond donors (Lipinski definition) is 1. The zero-order chi connectivity index (χ0) is 29.3. The lowest BCUT2D eigenvalue weighted by atomic mass is 10.1. The van der Waals surface area contributed by atoms with Crippen LogP contribution < -0.4 is 9.50 Å². The number of ether oxygens (including phenoxy) is 2. The first kappa shape index (κ1) is 32.1. The molecule has 0 spiro atoms. The normalized spacial score (nSPS) is 14.5. The summed E-state index contributed by atoms with van der Waals surface area (Å²) in [5.74, 6) is -17.0. The molecule has 1 atom stereocenters. The zero-order valence-electron chi connectivity index (χ0n) is 19.3. The third kappa shape index (κ3) is 7.10. The molecule has 37 heavy (non-hydrogen) atoms. The average Bonchev–Trinajstić information content (AvgIpc) is 2.71. The molecule has 1 amide bonds. The second-order valence-corrected chi connectivity index (χ2v) is 9.86.